The van der Waals surface area contributed by atoms with E-state index in [4.69, 9.17) is 9.47 Å². The first-order chi connectivity index (χ1) is 15.6. The quantitative estimate of drug-likeness (QED) is 0.338. The predicted molar refractivity (Wildman–Crippen MR) is 130 cm³/mol. The van der Waals surface area contributed by atoms with E-state index in [0.29, 0.717) is 22.4 Å². The molecular weight excluding hydrogens is 550 g/mol. The van der Waals surface area contributed by atoms with Crippen LogP contribution in [0.2, 0.25) is 0 Å². The van der Waals surface area contributed by atoms with Crippen molar-refractivity contribution in [1.29, 1.82) is 0 Å². The summed E-state index contributed by atoms with van der Waals surface area (Å²) in [4.78, 5) is 14.2. The summed E-state index contributed by atoms with van der Waals surface area (Å²) in [6.45, 7) is 5.25. The SMILES string of the molecule is COC[C@H](CN1CCC(Nc2cccc3c2cc(I)n3CC(F)(F)F)CC1)OC(=O)C(C)C. The van der Waals surface area contributed by atoms with Gasteiger partial charge in [-0.05, 0) is 53.6 Å². The number of piperidine rings is 1. The molecule has 1 aromatic heterocycles. The predicted octanol–water partition coefficient (Wildman–Crippen LogP) is 4.90. The Labute approximate surface area is 205 Å². The van der Waals surface area contributed by atoms with Gasteiger partial charge in [-0.1, -0.05) is 19.9 Å². The Hall–Kier alpha value is -1.53. The number of benzene rings is 1. The van der Waals surface area contributed by atoms with Gasteiger partial charge < -0.3 is 19.4 Å². The molecule has 0 aliphatic carbocycles. The maximum absolute atomic E-state index is 13.0. The minimum absolute atomic E-state index is 0.184. The number of rotatable bonds is 9. The molecule has 184 valence electrons. The Morgan fingerprint density at radius 2 is 1.97 bits per heavy atom. The number of anilines is 1. The van der Waals surface area contributed by atoms with Crippen molar-refractivity contribution in [2.45, 2.75) is 51.6 Å². The Balaban J connectivity index is 1.61. The minimum atomic E-state index is -4.27. The highest BCUT2D eigenvalue weighted by atomic mass is 127. The Bertz CT molecular complexity index is 940. The molecule has 0 amide bonds. The largest absolute Gasteiger partial charge is 0.458 e. The number of nitrogens with zero attached hydrogens (tertiary/aromatic N) is 2. The van der Waals surface area contributed by atoms with E-state index in [9.17, 15) is 18.0 Å². The number of esters is 1. The van der Waals surface area contributed by atoms with Crippen molar-refractivity contribution in [2.24, 2.45) is 5.92 Å². The molecule has 1 aliphatic heterocycles. The molecule has 1 saturated heterocycles. The number of methoxy groups -OCH3 is 1. The number of nitrogens with one attached hydrogen (secondary N) is 1. The number of hydrogen-bond acceptors (Lipinski definition) is 5. The molecule has 0 saturated carbocycles. The van der Waals surface area contributed by atoms with E-state index in [-0.39, 0.29) is 24.0 Å². The lowest BCUT2D eigenvalue weighted by Crippen LogP contribution is -2.44. The topological polar surface area (TPSA) is 55.7 Å². The normalized spacial score (nSPS) is 17.0. The summed E-state index contributed by atoms with van der Waals surface area (Å²) in [5, 5.41) is 4.34. The van der Waals surface area contributed by atoms with Crippen LogP contribution in [0.25, 0.3) is 10.9 Å². The van der Waals surface area contributed by atoms with E-state index in [1.54, 1.807) is 25.3 Å². The van der Waals surface area contributed by atoms with Gasteiger partial charge >= 0.3 is 12.1 Å². The van der Waals surface area contributed by atoms with E-state index in [0.717, 1.165) is 37.0 Å². The van der Waals surface area contributed by atoms with Crippen molar-refractivity contribution < 1.29 is 27.4 Å². The zero-order valence-corrected chi connectivity index (χ0v) is 21.3. The van der Waals surface area contributed by atoms with Crippen LogP contribution in [0.15, 0.2) is 24.3 Å². The maximum atomic E-state index is 13.0. The van der Waals surface area contributed by atoms with Crippen LogP contribution in [-0.4, -0.2) is 67.1 Å². The fourth-order valence-corrected chi connectivity index (χ4v) is 4.84. The van der Waals surface area contributed by atoms with Crippen LogP contribution in [0.1, 0.15) is 26.7 Å². The Morgan fingerprint density at radius 1 is 1.27 bits per heavy atom. The van der Waals surface area contributed by atoms with Gasteiger partial charge in [0.15, 0.2) is 0 Å². The minimum Gasteiger partial charge on any atom is -0.458 e. The molecule has 1 fully saturated rings. The van der Waals surface area contributed by atoms with Gasteiger partial charge in [0.05, 0.1) is 21.7 Å². The van der Waals surface area contributed by atoms with Crippen LogP contribution in [0, 0.1) is 9.62 Å². The van der Waals surface area contributed by atoms with Gasteiger partial charge in [0.1, 0.15) is 12.6 Å². The molecule has 1 atom stereocenters. The molecule has 0 bridgehead atoms. The first kappa shape index (κ1) is 26.1. The van der Waals surface area contributed by atoms with Crippen molar-refractivity contribution in [1.82, 2.24) is 9.47 Å². The molecule has 2 aromatic rings. The zero-order chi connectivity index (χ0) is 24.2. The van der Waals surface area contributed by atoms with E-state index < -0.39 is 12.7 Å². The van der Waals surface area contributed by atoms with Gasteiger partial charge in [0, 0.05) is 43.9 Å². The summed E-state index contributed by atoms with van der Waals surface area (Å²) in [6.07, 6.45) is -2.81. The van der Waals surface area contributed by atoms with Crippen LogP contribution >= 0.6 is 22.6 Å². The number of carbonyl (C=O) groups excluding carboxylic acids is 1. The molecule has 0 unspecified atom stereocenters. The van der Waals surface area contributed by atoms with Crippen LogP contribution in [-0.2, 0) is 20.8 Å². The van der Waals surface area contributed by atoms with Gasteiger partial charge in [-0.15, -0.1) is 0 Å². The molecule has 10 heteroatoms. The van der Waals surface area contributed by atoms with Gasteiger partial charge in [0.2, 0.25) is 0 Å². The molecule has 1 N–H and O–H groups in total. The van der Waals surface area contributed by atoms with Gasteiger partial charge in [-0.2, -0.15) is 13.2 Å². The summed E-state index contributed by atoms with van der Waals surface area (Å²) in [7, 11) is 1.59. The second kappa shape index (κ2) is 11.3. The number of ether oxygens (including phenoxy) is 2. The Morgan fingerprint density at radius 3 is 2.58 bits per heavy atom. The number of fused-ring (bicyclic) bond motifs is 1. The lowest BCUT2D eigenvalue weighted by Gasteiger charge is -2.34. The molecule has 33 heavy (non-hydrogen) atoms. The van der Waals surface area contributed by atoms with Crippen LogP contribution in [0.4, 0.5) is 18.9 Å². The first-order valence-corrected chi connectivity index (χ1v) is 12.2. The van der Waals surface area contributed by atoms with Crippen molar-refractivity contribution >= 4 is 45.2 Å². The van der Waals surface area contributed by atoms with Crippen molar-refractivity contribution in [3.63, 3.8) is 0 Å². The van der Waals surface area contributed by atoms with Crippen LogP contribution in [0.5, 0.6) is 0 Å². The third-order valence-electron chi connectivity index (χ3n) is 5.75. The fourth-order valence-electron chi connectivity index (χ4n) is 4.10. The first-order valence-electron chi connectivity index (χ1n) is 11.1. The second-order valence-electron chi connectivity index (χ2n) is 8.79. The van der Waals surface area contributed by atoms with Gasteiger partial charge in [0.25, 0.3) is 0 Å². The number of alkyl halides is 3. The van der Waals surface area contributed by atoms with Gasteiger partial charge in [-0.25, -0.2) is 0 Å². The van der Waals surface area contributed by atoms with Gasteiger partial charge in [-0.3, -0.25) is 9.69 Å². The number of halogens is 4. The summed E-state index contributed by atoms with van der Waals surface area (Å²) in [6, 6.07) is 7.46. The van der Waals surface area contributed by atoms with E-state index >= 15 is 0 Å². The third-order valence-corrected chi connectivity index (χ3v) is 6.64. The van der Waals surface area contributed by atoms with Crippen LogP contribution < -0.4 is 5.32 Å². The van der Waals surface area contributed by atoms with E-state index in [2.05, 4.69) is 10.2 Å². The standard InChI is InChI=1S/C23H31F3IN3O3/c1-15(2)22(31)33-17(13-32-3)12-29-9-7-16(8-10-29)28-19-5-4-6-20-18(19)11-21(27)30(20)14-23(24,25)26/h4-6,11,15-17,28H,7-10,12-14H2,1-3H3/t17-/m0/s1. The monoisotopic (exact) mass is 581 g/mol. The van der Waals surface area contributed by atoms with Crippen molar-refractivity contribution in [3.8, 4) is 0 Å². The maximum Gasteiger partial charge on any atom is 0.406 e. The zero-order valence-electron chi connectivity index (χ0n) is 19.1. The smallest absolute Gasteiger partial charge is 0.406 e. The third kappa shape index (κ3) is 7.22. The van der Waals surface area contributed by atoms with Crippen molar-refractivity contribution in [3.05, 3.63) is 28.0 Å². The molecular formula is C23H31F3IN3O3. The average molecular weight is 581 g/mol. The molecule has 3 rings (SSSR count). The van der Waals surface area contributed by atoms with E-state index in [1.165, 1.54) is 4.57 Å². The molecule has 0 radical (unpaired) electrons. The lowest BCUT2D eigenvalue weighted by molar-refractivity contribution is -0.156. The summed E-state index contributed by atoms with van der Waals surface area (Å²) < 4.78 is 51.7. The summed E-state index contributed by atoms with van der Waals surface area (Å²) in [5.41, 5.74) is 1.43. The highest BCUT2D eigenvalue weighted by Gasteiger charge is 2.30. The molecule has 0 spiro atoms. The number of aromatic nitrogens is 1. The molecule has 1 aliphatic rings. The molecule has 1 aromatic carbocycles. The number of hydrogen-bond donors (Lipinski definition) is 1. The average Bonchev–Trinajstić information content (AvgIpc) is 3.04. The summed E-state index contributed by atoms with van der Waals surface area (Å²) >= 11 is 1.96. The Kier molecular flexibility index (Phi) is 8.90. The lowest BCUT2D eigenvalue weighted by atomic mass is 10.0. The van der Waals surface area contributed by atoms with Crippen LogP contribution in [0.3, 0.4) is 0 Å². The number of likely N-dealkylation sites (tertiary alicyclic amines) is 1. The fraction of sp³-hybridized carbons (Fsp3) is 0.609. The molecule has 2 heterocycles. The van der Waals surface area contributed by atoms with Crippen molar-refractivity contribution in [2.75, 3.05) is 38.7 Å². The highest BCUT2D eigenvalue weighted by Crippen LogP contribution is 2.32. The summed E-state index contributed by atoms with van der Waals surface area (Å²) in [5.74, 6) is -0.412. The molecule has 6 nitrogen and oxygen atoms in total. The number of carbonyl (C=O) groups is 1. The highest BCUT2D eigenvalue weighted by molar-refractivity contribution is 14.1. The second-order valence-corrected chi connectivity index (χ2v) is 9.90. The van der Waals surface area contributed by atoms with E-state index in [1.807, 2.05) is 42.5 Å².